The van der Waals surface area contributed by atoms with Gasteiger partial charge in [-0.25, -0.2) is 14.8 Å². The molecule has 1 N–H and O–H groups in total. The molecule has 11 heteroatoms. The van der Waals surface area contributed by atoms with Crippen molar-refractivity contribution in [3.63, 3.8) is 0 Å². The van der Waals surface area contributed by atoms with Crippen molar-refractivity contribution < 1.29 is 22.7 Å². The first-order valence-electron chi connectivity index (χ1n) is 10.2. The first-order valence-corrected chi connectivity index (χ1v) is 10.6. The van der Waals surface area contributed by atoms with Gasteiger partial charge in [0.2, 0.25) is 5.28 Å². The maximum Gasteiger partial charge on any atom is 0.416 e. The molecule has 172 valence electrons. The molecular weight excluding hydrogens is 447 g/mol. The van der Waals surface area contributed by atoms with E-state index in [9.17, 15) is 18.0 Å². The molecule has 0 spiro atoms. The van der Waals surface area contributed by atoms with Gasteiger partial charge >= 0.3 is 12.2 Å². The van der Waals surface area contributed by atoms with E-state index in [1.54, 1.807) is 29.7 Å². The molecule has 7 nitrogen and oxygen atoms in total. The molecule has 2 aromatic rings. The molecule has 0 radical (unpaired) electrons. The van der Waals surface area contributed by atoms with Crippen LogP contribution in [-0.2, 0) is 24.0 Å². The predicted octanol–water partition coefficient (Wildman–Crippen LogP) is 4.40. The topological polar surface area (TPSA) is 70.6 Å². The molecule has 32 heavy (non-hydrogen) atoms. The molecule has 4 rings (SSSR count). The van der Waals surface area contributed by atoms with Crippen molar-refractivity contribution in [3.8, 4) is 0 Å². The van der Waals surface area contributed by atoms with E-state index in [0.29, 0.717) is 67.6 Å². The largest absolute Gasteiger partial charge is 0.416 e. The number of carbonyl (C=O) groups is 1. The number of morpholine rings is 1. The van der Waals surface area contributed by atoms with Gasteiger partial charge in [-0.1, -0.05) is 11.6 Å². The van der Waals surface area contributed by atoms with E-state index in [2.05, 4.69) is 15.3 Å². The third kappa shape index (κ3) is 4.75. The molecule has 1 fully saturated rings. The number of hydrogen-bond acceptors (Lipinski definition) is 5. The van der Waals surface area contributed by atoms with Crippen molar-refractivity contribution in [3.05, 3.63) is 51.4 Å². The standard InChI is InChI=1S/C21H23ClF3N5O2/c1-12-7-14(9-15(8-12)21(23,24)25)13(2)26-18-16-10-30(11-17(16)27-19(22)28-18)20(31)29-3-5-32-6-4-29/h7-9,13H,3-6,10-11H2,1-2H3,(H,26,27,28). The van der Waals surface area contributed by atoms with Crippen LogP contribution in [0.4, 0.5) is 23.8 Å². The predicted molar refractivity (Wildman–Crippen MR) is 112 cm³/mol. The Morgan fingerprint density at radius 2 is 1.88 bits per heavy atom. The molecule has 1 saturated heterocycles. The number of hydrogen-bond donors (Lipinski definition) is 1. The Labute approximate surface area is 188 Å². The number of benzene rings is 1. The van der Waals surface area contributed by atoms with Gasteiger partial charge < -0.3 is 19.9 Å². The minimum absolute atomic E-state index is 0.0133. The number of urea groups is 1. The summed E-state index contributed by atoms with van der Waals surface area (Å²) in [6, 6.07) is 3.35. The zero-order chi connectivity index (χ0) is 23.0. The Balaban J connectivity index is 1.56. The minimum atomic E-state index is -4.43. The lowest BCUT2D eigenvalue weighted by atomic mass is 10.0. The average molecular weight is 470 g/mol. The number of anilines is 1. The maximum atomic E-state index is 13.2. The van der Waals surface area contributed by atoms with Gasteiger partial charge in [-0.2, -0.15) is 13.2 Å². The molecular formula is C21H23ClF3N5O2. The molecule has 2 amide bonds. The summed E-state index contributed by atoms with van der Waals surface area (Å²) in [5.41, 5.74) is 1.62. The molecule has 0 aliphatic carbocycles. The van der Waals surface area contributed by atoms with Gasteiger partial charge in [-0.05, 0) is 43.1 Å². The number of nitrogens with one attached hydrogen (secondary N) is 1. The Bertz CT molecular complexity index is 1030. The van der Waals surface area contributed by atoms with Gasteiger partial charge in [0.1, 0.15) is 5.82 Å². The Morgan fingerprint density at radius 3 is 2.56 bits per heavy atom. The van der Waals surface area contributed by atoms with Gasteiger partial charge in [0, 0.05) is 24.7 Å². The van der Waals surface area contributed by atoms with Gasteiger partial charge in [-0.15, -0.1) is 0 Å². The van der Waals surface area contributed by atoms with E-state index in [1.165, 1.54) is 0 Å². The summed E-state index contributed by atoms with van der Waals surface area (Å²) < 4.78 is 45.0. The summed E-state index contributed by atoms with van der Waals surface area (Å²) in [5.74, 6) is 0.417. The number of rotatable bonds is 3. The number of halogens is 4. The summed E-state index contributed by atoms with van der Waals surface area (Å²) in [4.78, 5) is 24.8. The van der Waals surface area contributed by atoms with Gasteiger partial charge in [0.15, 0.2) is 0 Å². The van der Waals surface area contributed by atoms with Gasteiger partial charge in [0.25, 0.3) is 0 Å². The monoisotopic (exact) mass is 469 g/mol. The molecule has 1 atom stereocenters. The lowest BCUT2D eigenvalue weighted by Gasteiger charge is -2.30. The van der Waals surface area contributed by atoms with Crippen LogP contribution in [0.15, 0.2) is 18.2 Å². The fourth-order valence-electron chi connectivity index (χ4n) is 3.95. The summed E-state index contributed by atoms with van der Waals surface area (Å²) in [6.07, 6.45) is -4.43. The van der Waals surface area contributed by atoms with Crippen LogP contribution in [0, 0.1) is 6.92 Å². The first-order chi connectivity index (χ1) is 15.1. The summed E-state index contributed by atoms with van der Waals surface area (Å²) in [7, 11) is 0. The zero-order valence-corrected chi connectivity index (χ0v) is 18.4. The smallest absolute Gasteiger partial charge is 0.378 e. The number of amides is 2. The average Bonchev–Trinajstić information content (AvgIpc) is 3.17. The second kappa shape index (κ2) is 8.74. The summed E-state index contributed by atoms with van der Waals surface area (Å²) in [5, 5.41) is 3.18. The Hall–Kier alpha value is -2.59. The van der Waals surface area contributed by atoms with Crippen LogP contribution in [0.1, 0.15) is 40.9 Å². The fraction of sp³-hybridized carbons (Fsp3) is 0.476. The Morgan fingerprint density at radius 1 is 1.16 bits per heavy atom. The molecule has 2 aliphatic rings. The molecule has 1 unspecified atom stereocenters. The molecule has 0 bridgehead atoms. The zero-order valence-electron chi connectivity index (χ0n) is 17.7. The number of alkyl halides is 3. The SMILES string of the molecule is Cc1cc(C(C)Nc2nc(Cl)nc3c2CN(C(=O)N2CCOCC2)C3)cc(C(F)(F)F)c1. The molecule has 2 aliphatic heterocycles. The maximum absolute atomic E-state index is 13.2. The van der Waals surface area contributed by atoms with Crippen LogP contribution in [0.3, 0.4) is 0 Å². The van der Waals surface area contributed by atoms with Gasteiger partial charge in [-0.3, -0.25) is 0 Å². The molecule has 1 aromatic heterocycles. The van der Waals surface area contributed by atoms with Crippen LogP contribution in [0.2, 0.25) is 5.28 Å². The number of carbonyl (C=O) groups excluding carboxylic acids is 1. The third-order valence-electron chi connectivity index (χ3n) is 5.59. The van der Waals surface area contributed by atoms with Crippen molar-refractivity contribution in [2.75, 3.05) is 31.6 Å². The highest BCUT2D eigenvalue weighted by molar-refractivity contribution is 6.28. The Kier molecular flexibility index (Phi) is 6.17. The molecule has 0 saturated carbocycles. The number of nitrogens with zero attached hydrogens (tertiary/aromatic N) is 4. The van der Waals surface area contributed by atoms with Crippen LogP contribution < -0.4 is 5.32 Å². The summed E-state index contributed by atoms with van der Waals surface area (Å²) >= 11 is 6.10. The van der Waals surface area contributed by atoms with Crippen molar-refractivity contribution in [1.82, 2.24) is 19.8 Å². The van der Waals surface area contributed by atoms with Crippen LogP contribution in [-0.4, -0.2) is 52.1 Å². The lowest BCUT2D eigenvalue weighted by molar-refractivity contribution is -0.137. The molecule has 1 aromatic carbocycles. The van der Waals surface area contributed by atoms with Crippen molar-refractivity contribution in [2.45, 2.75) is 39.2 Å². The lowest BCUT2D eigenvalue weighted by Crippen LogP contribution is -2.46. The molecule has 3 heterocycles. The van der Waals surface area contributed by atoms with E-state index in [-0.39, 0.29) is 11.3 Å². The van der Waals surface area contributed by atoms with Crippen LogP contribution in [0.25, 0.3) is 0 Å². The van der Waals surface area contributed by atoms with E-state index >= 15 is 0 Å². The first kappa shape index (κ1) is 22.6. The highest BCUT2D eigenvalue weighted by atomic mass is 35.5. The second-order valence-corrected chi connectivity index (χ2v) is 8.34. The minimum Gasteiger partial charge on any atom is -0.378 e. The van der Waals surface area contributed by atoms with E-state index in [0.717, 1.165) is 12.1 Å². The summed E-state index contributed by atoms with van der Waals surface area (Å²) in [6.45, 7) is 6.00. The van der Waals surface area contributed by atoms with E-state index in [1.807, 2.05) is 0 Å². The highest BCUT2D eigenvalue weighted by Gasteiger charge is 2.33. The third-order valence-corrected chi connectivity index (χ3v) is 5.76. The van der Waals surface area contributed by atoms with Crippen LogP contribution in [0.5, 0.6) is 0 Å². The van der Waals surface area contributed by atoms with Gasteiger partial charge in [0.05, 0.1) is 37.6 Å². The number of ether oxygens (including phenoxy) is 1. The van der Waals surface area contributed by atoms with Crippen LogP contribution >= 0.6 is 11.6 Å². The highest BCUT2D eigenvalue weighted by Crippen LogP contribution is 2.34. The van der Waals surface area contributed by atoms with Crippen molar-refractivity contribution >= 4 is 23.4 Å². The fourth-order valence-corrected chi connectivity index (χ4v) is 4.14. The normalized spacial score (nSPS) is 17.3. The second-order valence-electron chi connectivity index (χ2n) is 8.00. The van der Waals surface area contributed by atoms with Crippen molar-refractivity contribution in [1.29, 1.82) is 0 Å². The van der Waals surface area contributed by atoms with Crippen molar-refractivity contribution in [2.24, 2.45) is 0 Å². The quantitative estimate of drug-likeness (QED) is 0.675. The van der Waals surface area contributed by atoms with E-state index < -0.39 is 17.8 Å². The number of aromatic nitrogens is 2. The number of aryl methyl sites for hydroxylation is 1. The van der Waals surface area contributed by atoms with E-state index in [4.69, 9.17) is 16.3 Å². The number of fused-ring (bicyclic) bond motifs is 1.